The van der Waals surface area contributed by atoms with Crippen LogP contribution in [0.15, 0.2) is 54.9 Å². The lowest BCUT2D eigenvalue weighted by Gasteiger charge is -2.14. The van der Waals surface area contributed by atoms with Crippen molar-refractivity contribution in [1.82, 2.24) is 9.78 Å². The number of hydrogen-bond donors (Lipinski definition) is 2. The summed E-state index contributed by atoms with van der Waals surface area (Å²) in [6, 6.07) is 11.8. The number of hydrogen-bond acceptors (Lipinski definition) is 4. The van der Waals surface area contributed by atoms with E-state index < -0.39 is 6.61 Å². The average Bonchev–Trinajstić information content (AvgIpc) is 3.09. The Morgan fingerprint density at radius 3 is 2.83 bits per heavy atom. The van der Waals surface area contributed by atoms with E-state index >= 15 is 0 Å². The van der Waals surface area contributed by atoms with Gasteiger partial charge in [0.2, 0.25) is 0 Å². The van der Waals surface area contributed by atoms with Crippen LogP contribution >= 0.6 is 23.8 Å². The van der Waals surface area contributed by atoms with Crippen LogP contribution < -0.4 is 20.1 Å². The predicted molar refractivity (Wildman–Crippen MR) is 112 cm³/mol. The predicted octanol–water partition coefficient (Wildman–Crippen LogP) is 5.29. The van der Waals surface area contributed by atoms with Gasteiger partial charge in [-0.1, -0.05) is 23.7 Å². The summed E-state index contributed by atoms with van der Waals surface area (Å²) < 4.78 is 36.8. The number of aromatic nitrogens is 2. The fourth-order valence-electron chi connectivity index (χ4n) is 2.42. The lowest BCUT2D eigenvalue weighted by atomic mass is 10.2. The smallest absolute Gasteiger partial charge is 0.387 e. The summed E-state index contributed by atoms with van der Waals surface area (Å²) in [7, 11) is 0. The molecule has 10 heteroatoms. The molecule has 1 aromatic heterocycles. The van der Waals surface area contributed by atoms with E-state index in [1.807, 2.05) is 6.92 Å². The zero-order chi connectivity index (χ0) is 20.8. The van der Waals surface area contributed by atoms with Crippen molar-refractivity contribution in [2.45, 2.75) is 20.3 Å². The third kappa shape index (κ3) is 6.30. The molecular weight excluding hydrogens is 422 g/mol. The highest BCUT2D eigenvalue weighted by atomic mass is 35.5. The number of halogens is 3. The van der Waals surface area contributed by atoms with E-state index in [4.69, 9.17) is 28.6 Å². The van der Waals surface area contributed by atoms with Crippen LogP contribution in [0.3, 0.4) is 0 Å². The lowest BCUT2D eigenvalue weighted by Crippen LogP contribution is -2.20. The molecule has 0 saturated heterocycles. The van der Waals surface area contributed by atoms with Crippen molar-refractivity contribution in [3.63, 3.8) is 0 Å². The molecule has 0 aliphatic heterocycles. The van der Waals surface area contributed by atoms with Crippen LogP contribution in [-0.2, 0) is 6.73 Å². The summed E-state index contributed by atoms with van der Waals surface area (Å²) in [6.07, 6.45) is 3.24. The highest BCUT2D eigenvalue weighted by Crippen LogP contribution is 2.27. The first-order valence-corrected chi connectivity index (χ1v) is 9.22. The molecule has 3 rings (SSSR count). The molecule has 2 N–H and O–H groups in total. The second-order valence-corrected chi connectivity index (χ2v) is 6.80. The number of nitrogens with zero attached hydrogens (tertiary/aromatic N) is 2. The normalized spacial score (nSPS) is 10.7. The van der Waals surface area contributed by atoms with E-state index in [1.165, 1.54) is 6.07 Å². The van der Waals surface area contributed by atoms with E-state index in [2.05, 4.69) is 20.5 Å². The largest absolute Gasteiger partial charge is 0.471 e. The Kier molecular flexibility index (Phi) is 6.84. The van der Waals surface area contributed by atoms with Gasteiger partial charge in [0.25, 0.3) is 0 Å². The molecular formula is C19H17ClF2N4O2S. The van der Waals surface area contributed by atoms with Crippen molar-refractivity contribution in [3.05, 3.63) is 65.4 Å². The van der Waals surface area contributed by atoms with Gasteiger partial charge in [0.15, 0.2) is 11.8 Å². The Morgan fingerprint density at radius 2 is 2.07 bits per heavy atom. The van der Waals surface area contributed by atoms with Gasteiger partial charge in [0.05, 0.1) is 23.8 Å². The summed E-state index contributed by atoms with van der Waals surface area (Å²) in [6.45, 7) is -0.929. The molecule has 0 unspecified atom stereocenters. The number of alkyl halides is 2. The Balaban J connectivity index is 1.58. The Hall–Kier alpha value is -2.91. The van der Waals surface area contributed by atoms with Crippen molar-refractivity contribution in [3.8, 4) is 11.5 Å². The maximum Gasteiger partial charge on any atom is 0.387 e. The maximum absolute atomic E-state index is 12.6. The Labute approximate surface area is 176 Å². The number of nitrogens with one attached hydrogen (secondary N) is 2. The van der Waals surface area contributed by atoms with Crippen LogP contribution in [0.1, 0.15) is 5.56 Å². The first-order chi connectivity index (χ1) is 13.9. The van der Waals surface area contributed by atoms with Crippen LogP contribution in [-0.4, -0.2) is 21.5 Å². The first-order valence-electron chi connectivity index (χ1n) is 8.43. The summed E-state index contributed by atoms with van der Waals surface area (Å²) in [5.41, 5.74) is 1.79. The van der Waals surface area contributed by atoms with E-state index in [0.717, 1.165) is 5.56 Å². The second-order valence-electron chi connectivity index (χ2n) is 5.96. The van der Waals surface area contributed by atoms with Gasteiger partial charge in [-0.25, -0.2) is 4.68 Å². The average molecular weight is 439 g/mol. The highest BCUT2D eigenvalue weighted by molar-refractivity contribution is 7.80. The first kappa shape index (κ1) is 20.8. The third-order valence-corrected chi connectivity index (χ3v) is 4.09. The molecule has 0 saturated carbocycles. The molecule has 152 valence electrons. The van der Waals surface area contributed by atoms with Crippen LogP contribution in [0.4, 0.5) is 20.2 Å². The number of ether oxygens (including phenoxy) is 2. The molecule has 0 aliphatic carbocycles. The number of aryl methyl sites for hydroxylation is 1. The van der Waals surface area contributed by atoms with Gasteiger partial charge in [0, 0.05) is 5.02 Å². The molecule has 0 atom stereocenters. The van der Waals surface area contributed by atoms with Gasteiger partial charge < -0.3 is 20.1 Å². The quantitative estimate of drug-likeness (QED) is 0.489. The van der Waals surface area contributed by atoms with Gasteiger partial charge in [-0.15, -0.1) is 0 Å². The van der Waals surface area contributed by atoms with Crippen molar-refractivity contribution in [2.24, 2.45) is 0 Å². The van der Waals surface area contributed by atoms with E-state index in [9.17, 15) is 8.78 Å². The molecule has 0 radical (unpaired) electrons. The highest BCUT2D eigenvalue weighted by Gasteiger charge is 2.11. The van der Waals surface area contributed by atoms with Crippen molar-refractivity contribution in [1.29, 1.82) is 0 Å². The minimum absolute atomic E-state index is 0.000340. The van der Waals surface area contributed by atoms with Crippen molar-refractivity contribution < 1.29 is 18.3 Å². The lowest BCUT2D eigenvalue weighted by molar-refractivity contribution is -0.0493. The van der Waals surface area contributed by atoms with Crippen molar-refractivity contribution in [2.75, 3.05) is 10.6 Å². The van der Waals surface area contributed by atoms with E-state index in [-0.39, 0.29) is 17.6 Å². The number of rotatable bonds is 7. The minimum Gasteiger partial charge on any atom is -0.471 e. The van der Waals surface area contributed by atoms with Gasteiger partial charge in [-0.3, -0.25) is 0 Å². The van der Waals surface area contributed by atoms with Gasteiger partial charge in [0.1, 0.15) is 11.5 Å². The Bertz CT molecular complexity index is 1000. The molecule has 2 aromatic carbocycles. The molecule has 1 heterocycles. The topological polar surface area (TPSA) is 60.3 Å². The summed E-state index contributed by atoms with van der Waals surface area (Å²) in [4.78, 5) is 0. The van der Waals surface area contributed by atoms with Crippen LogP contribution in [0.2, 0.25) is 5.02 Å². The summed E-state index contributed by atoms with van der Waals surface area (Å²) >= 11 is 11.2. The van der Waals surface area contributed by atoms with Crippen LogP contribution in [0.5, 0.6) is 11.5 Å². The Morgan fingerprint density at radius 1 is 1.24 bits per heavy atom. The molecule has 0 bridgehead atoms. The molecule has 3 aromatic rings. The molecule has 0 amide bonds. The molecule has 0 aliphatic rings. The second kappa shape index (κ2) is 9.53. The van der Waals surface area contributed by atoms with Gasteiger partial charge >= 0.3 is 6.61 Å². The van der Waals surface area contributed by atoms with Gasteiger partial charge in [-0.2, -0.15) is 13.9 Å². The fraction of sp³-hybridized carbons (Fsp3) is 0.158. The van der Waals surface area contributed by atoms with Crippen LogP contribution in [0.25, 0.3) is 0 Å². The SMILES string of the molecule is Cc1ccc(OC(F)F)c(NC(=S)Nc2cnn(COc3cccc(Cl)c3)c2)c1. The molecule has 0 spiro atoms. The van der Waals surface area contributed by atoms with E-state index in [1.54, 1.807) is 53.5 Å². The zero-order valence-electron chi connectivity index (χ0n) is 15.2. The third-order valence-electron chi connectivity index (χ3n) is 3.65. The summed E-state index contributed by atoms with van der Waals surface area (Å²) in [5, 5.41) is 10.7. The van der Waals surface area contributed by atoms with Crippen molar-refractivity contribution >= 4 is 40.3 Å². The summed E-state index contributed by atoms with van der Waals surface area (Å²) in [5.74, 6) is 0.617. The van der Waals surface area contributed by atoms with Crippen LogP contribution in [0, 0.1) is 6.92 Å². The fourth-order valence-corrected chi connectivity index (χ4v) is 2.83. The standard InChI is InChI=1S/C19H17ClF2N4O2S/c1-12-5-6-17(28-18(21)22)16(7-12)25-19(29)24-14-9-23-26(10-14)11-27-15-4-2-3-13(20)8-15/h2-10,18H,11H2,1H3,(H2,24,25,29). The molecule has 29 heavy (non-hydrogen) atoms. The maximum atomic E-state index is 12.6. The monoisotopic (exact) mass is 438 g/mol. The number of benzene rings is 2. The van der Waals surface area contributed by atoms with E-state index in [0.29, 0.717) is 22.1 Å². The van der Waals surface area contributed by atoms with Gasteiger partial charge in [-0.05, 0) is 55.0 Å². The number of anilines is 2. The molecule has 6 nitrogen and oxygen atoms in total. The number of thiocarbonyl (C=S) groups is 1. The molecule has 0 fully saturated rings. The minimum atomic E-state index is -2.93. The zero-order valence-corrected chi connectivity index (χ0v) is 16.8.